The zero-order valence-electron chi connectivity index (χ0n) is 28.7. The fourth-order valence-electron chi connectivity index (χ4n) is 4.63. The van der Waals surface area contributed by atoms with Gasteiger partial charge in [0.2, 0.25) is 0 Å². The van der Waals surface area contributed by atoms with E-state index in [-0.39, 0.29) is 57.8 Å². The van der Waals surface area contributed by atoms with Gasteiger partial charge in [0.25, 0.3) is 0 Å². The van der Waals surface area contributed by atoms with E-state index in [4.69, 9.17) is 22.8 Å². The van der Waals surface area contributed by atoms with E-state index in [1.807, 2.05) is 0 Å². The molecule has 0 aromatic heterocycles. The average molecular weight is 741 g/mol. The van der Waals surface area contributed by atoms with Crippen LogP contribution in [0.25, 0.3) is 0 Å². The third-order valence-electron chi connectivity index (χ3n) is 10.4. The second-order valence-corrected chi connectivity index (χ2v) is 31.7. The first kappa shape index (κ1) is 37.8. The van der Waals surface area contributed by atoms with E-state index in [1.165, 1.54) is 0 Å². The number of halogens is 1. The maximum absolute atomic E-state index is 11.5. The van der Waals surface area contributed by atoms with Gasteiger partial charge in [-0.1, -0.05) is 84.9 Å². The van der Waals surface area contributed by atoms with Crippen LogP contribution in [0, 0.1) is 0 Å². The van der Waals surface area contributed by atoms with Crippen molar-refractivity contribution in [2.75, 3.05) is 0 Å². The Morgan fingerprint density at radius 1 is 0.780 bits per heavy atom. The molecule has 2 rings (SSSR count). The molecule has 0 aliphatic carbocycles. The van der Waals surface area contributed by atoms with E-state index in [9.17, 15) is 4.79 Å². The van der Waals surface area contributed by atoms with Gasteiger partial charge in [-0.25, -0.2) is 0 Å². The summed E-state index contributed by atoms with van der Waals surface area (Å²) in [5, 5.41) is 0.0521. The standard InChI is InChI=1S/C31H61IO6Si3/c1-29(2,3)39(10,11)36-24(18-20-32)26-28(38-41(14,15)31(7,8)9)27(37-40(12,13)30(4,5)6)25-23(35-26)17-16-22(34-25)19-21-33/h18,20-28H,16-17,19H2,1-15H3/b20-18+/t22-,23+,24?,25+,26-,27?,28?/m1/s1. The highest BCUT2D eigenvalue weighted by Crippen LogP contribution is 2.47. The molecule has 2 saturated heterocycles. The highest BCUT2D eigenvalue weighted by atomic mass is 127. The van der Waals surface area contributed by atoms with Crippen molar-refractivity contribution >= 4 is 53.8 Å². The number of hydrogen-bond donors (Lipinski definition) is 0. The van der Waals surface area contributed by atoms with E-state index >= 15 is 0 Å². The minimum atomic E-state index is -2.28. The van der Waals surface area contributed by atoms with Gasteiger partial charge in [0, 0.05) is 6.42 Å². The van der Waals surface area contributed by atoms with Gasteiger partial charge in [0.1, 0.15) is 30.7 Å². The smallest absolute Gasteiger partial charge is 0.193 e. The topological polar surface area (TPSA) is 63.2 Å². The molecule has 0 radical (unpaired) electrons. The van der Waals surface area contributed by atoms with E-state index in [0.29, 0.717) is 6.42 Å². The monoisotopic (exact) mass is 740 g/mol. The molecule has 0 bridgehead atoms. The van der Waals surface area contributed by atoms with Gasteiger partial charge < -0.3 is 27.5 Å². The Kier molecular flexibility index (Phi) is 12.5. The zero-order valence-corrected chi connectivity index (χ0v) is 33.9. The zero-order chi connectivity index (χ0) is 31.8. The van der Waals surface area contributed by atoms with Crippen molar-refractivity contribution in [2.45, 2.75) is 179 Å². The summed E-state index contributed by atoms with van der Waals surface area (Å²) in [6.07, 6.45) is 3.25. The van der Waals surface area contributed by atoms with Gasteiger partial charge in [0.05, 0.1) is 18.3 Å². The lowest BCUT2D eigenvalue weighted by Gasteiger charge is -2.56. The molecule has 0 amide bonds. The van der Waals surface area contributed by atoms with Crippen molar-refractivity contribution in [1.29, 1.82) is 0 Å². The maximum Gasteiger partial charge on any atom is 0.193 e. The van der Waals surface area contributed by atoms with Crippen LogP contribution in [-0.2, 0) is 27.5 Å². The molecule has 6 nitrogen and oxygen atoms in total. The Hall–Kier alpha value is 0.591. The van der Waals surface area contributed by atoms with Crippen LogP contribution in [0.1, 0.15) is 81.6 Å². The quantitative estimate of drug-likeness (QED) is 0.127. The first-order chi connectivity index (χ1) is 18.4. The van der Waals surface area contributed by atoms with Crippen molar-refractivity contribution in [1.82, 2.24) is 0 Å². The van der Waals surface area contributed by atoms with Gasteiger partial charge in [0.15, 0.2) is 25.0 Å². The number of rotatable bonds is 10. The number of ether oxygens (including phenoxy) is 2. The molecule has 2 fully saturated rings. The van der Waals surface area contributed by atoms with Gasteiger partial charge in [-0.3, -0.25) is 0 Å². The predicted octanol–water partition coefficient (Wildman–Crippen LogP) is 9.01. The summed E-state index contributed by atoms with van der Waals surface area (Å²) in [6, 6.07) is 0. The SMILES string of the molecule is CC(C)(C)[Si](C)(C)OC(/C=C/I)[C@H]1O[C@H]2CC[C@H](CC=O)O[C@@H]2C(O[Si](C)(C)C(C)(C)C)C1O[Si](C)(C)C(C)(C)C. The lowest BCUT2D eigenvalue weighted by atomic mass is 9.87. The van der Waals surface area contributed by atoms with E-state index in [2.05, 4.69) is 134 Å². The minimum Gasteiger partial charge on any atom is -0.408 e. The van der Waals surface area contributed by atoms with Crippen LogP contribution in [0.4, 0.5) is 0 Å². The Bertz CT molecular complexity index is 903. The normalized spacial score (nSPS) is 29.9. The number of carbonyl (C=O) groups excluding carboxylic acids is 1. The first-order valence-electron chi connectivity index (χ1n) is 15.4. The van der Waals surface area contributed by atoms with Gasteiger partial charge in [-0.15, -0.1) is 0 Å². The summed E-state index contributed by atoms with van der Waals surface area (Å²) in [6.45, 7) is 34.3. The molecule has 0 aromatic rings. The Balaban J connectivity index is 2.73. The van der Waals surface area contributed by atoms with Crippen LogP contribution in [0.5, 0.6) is 0 Å². The van der Waals surface area contributed by atoms with E-state index in [0.717, 1.165) is 19.1 Å². The first-order valence-corrected chi connectivity index (χ1v) is 25.4. The number of fused-ring (bicyclic) bond motifs is 1. The third kappa shape index (κ3) is 9.08. The molecule has 0 N–H and O–H groups in total. The van der Waals surface area contributed by atoms with Crippen LogP contribution in [0.15, 0.2) is 10.2 Å². The third-order valence-corrected chi connectivity index (χ3v) is 24.3. The second kappa shape index (κ2) is 13.5. The average Bonchev–Trinajstić information content (AvgIpc) is 2.78. The highest BCUT2D eigenvalue weighted by Gasteiger charge is 2.57. The molecule has 41 heavy (non-hydrogen) atoms. The molecule has 7 atom stereocenters. The lowest BCUT2D eigenvalue weighted by molar-refractivity contribution is -0.266. The van der Waals surface area contributed by atoms with Crippen molar-refractivity contribution < 1.29 is 27.5 Å². The van der Waals surface area contributed by atoms with Gasteiger partial charge >= 0.3 is 0 Å². The lowest BCUT2D eigenvalue weighted by Crippen LogP contribution is -2.69. The Morgan fingerprint density at radius 2 is 1.27 bits per heavy atom. The van der Waals surface area contributed by atoms with Crippen LogP contribution in [-0.4, -0.2) is 74.0 Å². The van der Waals surface area contributed by atoms with Crippen molar-refractivity contribution in [2.24, 2.45) is 0 Å². The van der Waals surface area contributed by atoms with Crippen LogP contribution >= 0.6 is 22.6 Å². The second-order valence-electron chi connectivity index (χ2n) is 16.7. The fourth-order valence-corrected chi connectivity index (χ4v) is 8.89. The van der Waals surface area contributed by atoms with Gasteiger partial charge in [-0.05, 0) is 77.4 Å². The highest BCUT2D eigenvalue weighted by molar-refractivity contribution is 14.1. The molecule has 3 unspecified atom stereocenters. The van der Waals surface area contributed by atoms with Gasteiger partial charge in [-0.2, -0.15) is 0 Å². The van der Waals surface area contributed by atoms with Crippen molar-refractivity contribution in [3.8, 4) is 0 Å². The summed E-state index contributed by atoms with van der Waals surface area (Å²) >= 11 is 2.29. The fraction of sp³-hybridized carbons (Fsp3) is 0.903. The molecule has 0 spiro atoms. The molecule has 240 valence electrons. The maximum atomic E-state index is 11.5. The van der Waals surface area contributed by atoms with Crippen LogP contribution < -0.4 is 0 Å². The van der Waals surface area contributed by atoms with Crippen LogP contribution in [0.3, 0.4) is 0 Å². The largest absolute Gasteiger partial charge is 0.408 e. The molecular weight excluding hydrogens is 679 g/mol. The molecular formula is C31H61IO6Si3. The molecule has 10 heteroatoms. The van der Waals surface area contributed by atoms with Crippen LogP contribution in [0.2, 0.25) is 54.4 Å². The minimum absolute atomic E-state index is 0.00170. The summed E-state index contributed by atoms with van der Waals surface area (Å²) < 4.78 is 37.6. The molecule has 2 aliphatic rings. The van der Waals surface area contributed by atoms with Crippen molar-refractivity contribution in [3.63, 3.8) is 0 Å². The van der Waals surface area contributed by atoms with E-state index < -0.39 is 25.0 Å². The Labute approximate surface area is 268 Å². The molecule has 0 aromatic carbocycles. The molecule has 0 saturated carbocycles. The molecule has 2 aliphatic heterocycles. The summed E-state index contributed by atoms with van der Waals surface area (Å²) in [7, 11) is -6.69. The van der Waals surface area contributed by atoms with Crippen molar-refractivity contribution in [3.05, 3.63) is 10.2 Å². The molecule has 2 heterocycles. The number of hydrogen-bond acceptors (Lipinski definition) is 6. The Morgan fingerprint density at radius 3 is 1.71 bits per heavy atom. The predicted molar refractivity (Wildman–Crippen MR) is 187 cm³/mol. The summed E-state index contributed by atoms with van der Waals surface area (Å²) in [5.74, 6) is 0. The van der Waals surface area contributed by atoms with E-state index in [1.54, 1.807) is 0 Å². The number of aldehydes is 1. The summed E-state index contributed by atoms with van der Waals surface area (Å²) in [5.41, 5.74) is 0. The number of carbonyl (C=O) groups is 1. The summed E-state index contributed by atoms with van der Waals surface area (Å²) in [4.78, 5) is 11.5.